The summed E-state index contributed by atoms with van der Waals surface area (Å²) in [6, 6.07) is 20.6. The Morgan fingerprint density at radius 1 is 0.875 bits per heavy atom. The van der Waals surface area contributed by atoms with Crippen molar-refractivity contribution in [1.29, 1.82) is 0 Å². The highest BCUT2D eigenvalue weighted by Crippen LogP contribution is 2.46. The van der Waals surface area contributed by atoms with Crippen molar-refractivity contribution in [1.82, 2.24) is 0 Å². The molecule has 2 nitrogen and oxygen atoms in total. The lowest BCUT2D eigenvalue weighted by Gasteiger charge is -2.51. The molecule has 1 fully saturated rings. The lowest BCUT2D eigenvalue weighted by atomic mass is 9.59. The number of ketones is 1. The Labute approximate surface area is 155 Å². The number of likely N-dealkylation sites (tertiary alicyclic amines) is 1. The average molecular weight is 388 g/mol. The minimum absolute atomic E-state index is 0. The maximum atomic E-state index is 13.7. The molecule has 0 aromatic heterocycles. The highest BCUT2D eigenvalue weighted by Gasteiger charge is 2.57. The topological polar surface area (TPSA) is 17.1 Å². The van der Waals surface area contributed by atoms with Crippen LogP contribution in [0.15, 0.2) is 60.7 Å². The zero-order chi connectivity index (χ0) is 16.7. The number of piperidine rings is 1. The van der Waals surface area contributed by atoms with Crippen molar-refractivity contribution in [3.8, 4) is 0 Å². The number of quaternary nitrogens is 1. The summed E-state index contributed by atoms with van der Waals surface area (Å²) in [6.45, 7) is 5.29. The molecule has 0 N–H and O–H groups in total. The largest absolute Gasteiger partial charge is 1.00 e. The van der Waals surface area contributed by atoms with Crippen molar-refractivity contribution in [3.63, 3.8) is 0 Å². The predicted molar refractivity (Wildman–Crippen MR) is 94.3 cm³/mol. The van der Waals surface area contributed by atoms with E-state index in [-0.39, 0.29) is 28.9 Å². The SMILES string of the molecule is CC1C[N+](C)(C)C(C)C(=O)C1(c1ccccc1)c1ccccc1.[Br-]. The number of benzene rings is 2. The number of halogens is 1. The Hall–Kier alpha value is -1.45. The van der Waals surface area contributed by atoms with E-state index in [1.54, 1.807) is 0 Å². The van der Waals surface area contributed by atoms with Gasteiger partial charge in [-0.1, -0.05) is 67.6 Å². The van der Waals surface area contributed by atoms with Gasteiger partial charge in [-0.05, 0) is 18.1 Å². The molecule has 3 rings (SSSR count). The minimum atomic E-state index is -0.546. The van der Waals surface area contributed by atoms with E-state index in [1.165, 1.54) is 0 Å². The first-order chi connectivity index (χ1) is 10.9. The van der Waals surface area contributed by atoms with Crippen LogP contribution >= 0.6 is 0 Å². The van der Waals surface area contributed by atoms with E-state index in [9.17, 15) is 4.79 Å². The number of carbonyl (C=O) groups is 1. The van der Waals surface area contributed by atoms with Gasteiger partial charge in [0.1, 0.15) is 6.04 Å². The Kier molecular flexibility index (Phi) is 5.36. The third-order valence-electron chi connectivity index (χ3n) is 5.76. The number of rotatable bonds is 2. The molecule has 1 heterocycles. The van der Waals surface area contributed by atoms with Gasteiger partial charge in [-0.3, -0.25) is 4.79 Å². The lowest BCUT2D eigenvalue weighted by Crippen LogP contribution is -3.00. The molecule has 128 valence electrons. The first kappa shape index (κ1) is 18.9. The molecular weight excluding hydrogens is 362 g/mol. The highest BCUT2D eigenvalue weighted by atomic mass is 79.9. The van der Waals surface area contributed by atoms with Gasteiger partial charge in [0.2, 0.25) is 5.78 Å². The van der Waals surface area contributed by atoms with E-state index in [0.29, 0.717) is 5.78 Å². The number of nitrogens with zero attached hydrogens (tertiary/aromatic N) is 1. The summed E-state index contributed by atoms with van der Waals surface area (Å²) in [7, 11) is 4.33. The quantitative estimate of drug-likeness (QED) is 0.691. The van der Waals surface area contributed by atoms with E-state index in [1.807, 2.05) is 36.4 Å². The van der Waals surface area contributed by atoms with E-state index >= 15 is 0 Å². The maximum Gasteiger partial charge on any atom is 0.204 e. The van der Waals surface area contributed by atoms with Gasteiger partial charge < -0.3 is 21.5 Å². The lowest BCUT2D eigenvalue weighted by molar-refractivity contribution is -0.910. The maximum absolute atomic E-state index is 13.7. The van der Waals surface area contributed by atoms with Gasteiger partial charge >= 0.3 is 0 Å². The van der Waals surface area contributed by atoms with Gasteiger partial charge in [0.25, 0.3) is 0 Å². The number of hydrogen-bond donors (Lipinski definition) is 0. The Morgan fingerprint density at radius 2 is 1.29 bits per heavy atom. The Bertz CT molecular complexity index is 657. The van der Waals surface area contributed by atoms with Crippen molar-refractivity contribution < 1.29 is 26.3 Å². The Balaban J connectivity index is 0.00000208. The molecular formula is C21H26BrNO. The molecule has 24 heavy (non-hydrogen) atoms. The van der Waals surface area contributed by atoms with Crippen LogP contribution in [0.25, 0.3) is 0 Å². The molecule has 0 amide bonds. The molecule has 0 spiro atoms. The number of hydrogen-bond acceptors (Lipinski definition) is 1. The summed E-state index contributed by atoms with van der Waals surface area (Å²) >= 11 is 0. The third-order valence-corrected chi connectivity index (χ3v) is 5.76. The molecule has 1 saturated heterocycles. The molecule has 0 aliphatic carbocycles. The summed E-state index contributed by atoms with van der Waals surface area (Å²) in [5.74, 6) is 0.574. The first-order valence-electron chi connectivity index (χ1n) is 8.38. The van der Waals surface area contributed by atoms with Crippen LogP contribution in [0.1, 0.15) is 25.0 Å². The standard InChI is InChI=1S/C21H26NO.BrH/c1-16-15-22(3,4)17(2)20(23)21(16,18-11-7-5-8-12-18)19-13-9-6-10-14-19;/h5-14,16-17H,15H2,1-4H3;1H/q+1;/p-1. The fraction of sp³-hybridized carbons (Fsp3) is 0.381. The van der Waals surface area contributed by atoms with Crippen molar-refractivity contribution in [2.24, 2.45) is 5.92 Å². The summed E-state index contributed by atoms with van der Waals surface area (Å²) in [5.41, 5.74) is 1.70. The van der Waals surface area contributed by atoms with Crippen molar-refractivity contribution in [3.05, 3.63) is 71.8 Å². The molecule has 0 bridgehead atoms. The van der Waals surface area contributed by atoms with Crippen molar-refractivity contribution >= 4 is 5.78 Å². The molecule has 0 radical (unpaired) electrons. The summed E-state index contributed by atoms with van der Waals surface area (Å²) in [4.78, 5) is 13.7. The van der Waals surface area contributed by atoms with E-state index in [2.05, 4.69) is 52.2 Å². The second-order valence-electron chi connectivity index (χ2n) is 7.44. The molecule has 1 aliphatic heterocycles. The molecule has 0 saturated carbocycles. The highest BCUT2D eigenvalue weighted by molar-refractivity contribution is 5.97. The molecule has 1 aliphatic rings. The van der Waals surface area contributed by atoms with Gasteiger partial charge in [-0.15, -0.1) is 0 Å². The van der Waals surface area contributed by atoms with Crippen LogP contribution in [0.3, 0.4) is 0 Å². The molecule has 2 unspecified atom stereocenters. The zero-order valence-corrected chi connectivity index (χ0v) is 16.5. The van der Waals surface area contributed by atoms with E-state index < -0.39 is 5.41 Å². The third kappa shape index (κ3) is 2.74. The second kappa shape index (κ2) is 6.81. The molecule has 2 atom stereocenters. The minimum Gasteiger partial charge on any atom is -1.00 e. The summed E-state index contributed by atoms with van der Waals surface area (Å²) in [5, 5.41) is 0. The van der Waals surface area contributed by atoms with Crippen molar-refractivity contribution in [2.45, 2.75) is 25.3 Å². The smallest absolute Gasteiger partial charge is 0.204 e. The Morgan fingerprint density at radius 3 is 1.71 bits per heavy atom. The van der Waals surface area contributed by atoms with Gasteiger partial charge in [0, 0.05) is 5.92 Å². The average Bonchev–Trinajstić information content (AvgIpc) is 2.55. The zero-order valence-electron chi connectivity index (χ0n) is 14.9. The van der Waals surface area contributed by atoms with Gasteiger partial charge in [-0.25, -0.2) is 0 Å². The summed E-state index contributed by atoms with van der Waals surface area (Å²) in [6.07, 6.45) is 0. The fourth-order valence-electron chi connectivity index (χ4n) is 4.31. The fourth-order valence-corrected chi connectivity index (χ4v) is 4.31. The first-order valence-corrected chi connectivity index (χ1v) is 8.38. The number of carbonyl (C=O) groups excluding carboxylic acids is 1. The normalized spacial score (nSPS) is 24.9. The van der Waals surface area contributed by atoms with Crippen molar-refractivity contribution in [2.75, 3.05) is 20.6 Å². The van der Waals surface area contributed by atoms with Gasteiger partial charge in [0.15, 0.2) is 0 Å². The van der Waals surface area contributed by atoms with Crippen LogP contribution in [0.2, 0.25) is 0 Å². The van der Waals surface area contributed by atoms with Crippen LogP contribution < -0.4 is 17.0 Å². The van der Waals surface area contributed by atoms with Gasteiger partial charge in [0.05, 0.1) is 26.1 Å². The van der Waals surface area contributed by atoms with Crippen LogP contribution in [0.5, 0.6) is 0 Å². The monoisotopic (exact) mass is 387 g/mol. The second-order valence-corrected chi connectivity index (χ2v) is 7.44. The van der Waals surface area contributed by atoms with Crippen LogP contribution in [-0.2, 0) is 10.2 Å². The number of likely N-dealkylation sites (N-methyl/N-ethyl adjacent to an activating group) is 1. The van der Waals surface area contributed by atoms with E-state index in [0.717, 1.165) is 22.2 Å². The summed E-state index contributed by atoms with van der Waals surface area (Å²) < 4.78 is 0.751. The molecule has 3 heteroatoms. The van der Waals surface area contributed by atoms with Crippen LogP contribution in [0.4, 0.5) is 0 Å². The van der Waals surface area contributed by atoms with Gasteiger partial charge in [-0.2, -0.15) is 0 Å². The van der Waals surface area contributed by atoms with Crippen LogP contribution in [-0.4, -0.2) is 36.9 Å². The number of Topliss-reactive ketones (excluding diaryl/α,β-unsaturated/α-hetero) is 1. The van der Waals surface area contributed by atoms with E-state index in [4.69, 9.17) is 0 Å². The molecule has 2 aromatic carbocycles. The molecule has 2 aromatic rings. The predicted octanol–water partition coefficient (Wildman–Crippen LogP) is 0.660. The van der Waals surface area contributed by atoms with Crippen LogP contribution in [0, 0.1) is 5.92 Å².